The van der Waals surface area contributed by atoms with Crippen LogP contribution in [0, 0.1) is 12.8 Å². The minimum atomic E-state index is -0.277. The molecule has 0 unspecified atom stereocenters. The molecule has 0 bridgehead atoms. The molecule has 2 aromatic carbocycles. The van der Waals surface area contributed by atoms with E-state index in [0.717, 1.165) is 5.56 Å². The van der Waals surface area contributed by atoms with Gasteiger partial charge in [-0.25, -0.2) is 4.68 Å². The van der Waals surface area contributed by atoms with Crippen LogP contribution in [-0.2, 0) is 11.3 Å². The van der Waals surface area contributed by atoms with Crippen LogP contribution in [-0.4, -0.2) is 33.4 Å². The molecule has 156 valence electrons. The third-order valence-electron chi connectivity index (χ3n) is 4.61. The van der Waals surface area contributed by atoms with Gasteiger partial charge in [0.25, 0.3) is 11.5 Å². The van der Waals surface area contributed by atoms with Crippen molar-refractivity contribution < 1.29 is 9.59 Å². The highest BCUT2D eigenvalue weighted by atomic mass is 16.2. The minimum absolute atomic E-state index is 0.0724. The quantitative estimate of drug-likeness (QED) is 0.626. The summed E-state index contributed by atoms with van der Waals surface area (Å²) in [6.45, 7) is 6.61. The lowest BCUT2D eigenvalue weighted by molar-refractivity contribution is -0.116. The van der Waals surface area contributed by atoms with Gasteiger partial charge >= 0.3 is 0 Å². The molecule has 0 aliphatic heterocycles. The topological polar surface area (TPSA) is 106 Å². The predicted molar refractivity (Wildman–Crippen MR) is 115 cm³/mol. The predicted octanol–water partition coefficient (Wildman–Crippen LogP) is 2.51. The summed E-state index contributed by atoms with van der Waals surface area (Å²) in [6.07, 6.45) is 0.0724. The van der Waals surface area contributed by atoms with Gasteiger partial charge < -0.3 is 10.6 Å². The Bertz CT molecular complexity index is 1140. The van der Waals surface area contributed by atoms with E-state index in [1.54, 1.807) is 42.5 Å². The molecule has 0 atom stereocenters. The fourth-order valence-corrected chi connectivity index (χ4v) is 2.93. The van der Waals surface area contributed by atoms with Gasteiger partial charge in [-0.2, -0.15) is 0 Å². The summed E-state index contributed by atoms with van der Waals surface area (Å²) in [5.41, 5.74) is 2.20. The first-order chi connectivity index (χ1) is 14.3. The summed E-state index contributed by atoms with van der Waals surface area (Å²) < 4.78 is 1.19. The van der Waals surface area contributed by atoms with Crippen LogP contribution in [0.5, 0.6) is 0 Å². The molecule has 0 aliphatic rings. The fourth-order valence-electron chi connectivity index (χ4n) is 2.93. The van der Waals surface area contributed by atoms with Crippen molar-refractivity contribution in [3.05, 3.63) is 63.9 Å². The Morgan fingerprint density at radius 2 is 1.90 bits per heavy atom. The smallest absolute Gasteiger partial charge is 0.277 e. The Labute approximate surface area is 174 Å². The summed E-state index contributed by atoms with van der Waals surface area (Å²) in [6, 6.07) is 12.1. The van der Waals surface area contributed by atoms with Gasteiger partial charge in [-0.15, -0.1) is 5.10 Å². The van der Waals surface area contributed by atoms with E-state index in [4.69, 9.17) is 0 Å². The maximum atomic E-state index is 12.4. The number of rotatable bonds is 7. The molecule has 2 amide bonds. The molecule has 30 heavy (non-hydrogen) atoms. The van der Waals surface area contributed by atoms with E-state index in [1.807, 2.05) is 20.8 Å². The van der Waals surface area contributed by atoms with E-state index in [9.17, 15) is 14.4 Å². The molecule has 8 heteroatoms. The van der Waals surface area contributed by atoms with Crippen LogP contribution < -0.4 is 16.2 Å². The standard InChI is InChI=1S/C22H25N5O3/c1-14(2)13-23-21(29)16-8-9-18(15(3)12-16)24-20(28)10-11-27-22(30)17-6-4-5-7-19(17)25-26-27/h4-9,12,14H,10-11,13H2,1-3H3,(H,23,29)(H,24,28). The molecule has 8 nitrogen and oxygen atoms in total. The Morgan fingerprint density at radius 3 is 2.63 bits per heavy atom. The van der Waals surface area contributed by atoms with Crippen LogP contribution in [0.4, 0.5) is 5.69 Å². The minimum Gasteiger partial charge on any atom is -0.352 e. The monoisotopic (exact) mass is 407 g/mol. The zero-order valence-electron chi connectivity index (χ0n) is 17.3. The first kappa shape index (κ1) is 21.2. The van der Waals surface area contributed by atoms with E-state index in [1.165, 1.54) is 4.68 Å². The number of aryl methyl sites for hydroxylation is 2. The summed E-state index contributed by atoms with van der Waals surface area (Å²) in [4.78, 5) is 37.0. The number of anilines is 1. The number of amides is 2. The van der Waals surface area contributed by atoms with Crippen LogP contribution in [0.1, 0.15) is 36.2 Å². The fraction of sp³-hybridized carbons (Fsp3) is 0.318. The van der Waals surface area contributed by atoms with Crippen LogP contribution in [0.25, 0.3) is 10.9 Å². The molecular weight excluding hydrogens is 382 g/mol. The van der Waals surface area contributed by atoms with Crippen molar-refractivity contribution in [3.8, 4) is 0 Å². The molecule has 3 rings (SSSR count). The second kappa shape index (κ2) is 9.30. The Kier molecular flexibility index (Phi) is 6.56. The Morgan fingerprint density at radius 1 is 1.13 bits per heavy atom. The van der Waals surface area contributed by atoms with Gasteiger partial charge in [-0.3, -0.25) is 14.4 Å². The summed E-state index contributed by atoms with van der Waals surface area (Å²) in [5.74, 6) is -0.0238. The molecule has 1 heterocycles. The highest BCUT2D eigenvalue weighted by molar-refractivity contribution is 5.96. The Balaban J connectivity index is 1.62. The van der Waals surface area contributed by atoms with Crippen LogP contribution >= 0.6 is 0 Å². The maximum absolute atomic E-state index is 12.4. The Hall–Kier alpha value is -3.55. The first-order valence-electron chi connectivity index (χ1n) is 9.86. The van der Waals surface area contributed by atoms with E-state index in [2.05, 4.69) is 20.9 Å². The third kappa shape index (κ3) is 5.08. The summed E-state index contributed by atoms with van der Waals surface area (Å²) >= 11 is 0. The molecule has 0 aliphatic carbocycles. The highest BCUT2D eigenvalue weighted by Gasteiger charge is 2.11. The van der Waals surface area contributed by atoms with Crippen molar-refractivity contribution in [1.82, 2.24) is 20.3 Å². The third-order valence-corrected chi connectivity index (χ3v) is 4.61. The second-order valence-electron chi connectivity index (χ2n) is 7.57. The molecule has 0 saturated heterocycles. The van der Waals surface area contributed by atoms with Crippen LogP contribution in [0.3, 0.4) is 0 Å². The summed E-state index contributed by atoms with van der Waals surface area (Å²) in [7, 11) is 0. The largest absolute Gasteiger partial charge is 0.352 e. The van der Waals surface area contributed by atoms with Crippen molar-refractivity contribution in [3.63, 3.8) is 0 Å². The lowest BCUT2D eigenvalue weighted by Gasteiger charge is -2.12. The van der Waals surface area contributed by atoms with E-state index < -0.39 is 0 Å². The number of nitrogens with one attached hydrogen (secondary N) is 2. The number of benzene rings is 2. The van der Waals surface area contributed by atoms with Crippen molar-refractivity contribution in [1.29, 1.82) is 0 Å². The van der Waals surface area contributed by atoms with Crippen molar-refractivity contribution >= 4 is 28.4 Å². The second-order valence-corrected chi connectivity index (χ2v) is 7.57. The molecule has 0 spiro atoms. The lowest BCUT2D eigenvalue weighted by Crippen LogP contribution is -2.27. The highest BCUT2D eigenvalue weighted by Crippen LogP contribution is 2.17. The number of hydrogen-bond donors (Lipinski definition) is 2. The van der Waals surface area contributed by atoms with E-state index in [-0.39, 0.29) is 30.3 Å². The van der Waals surface area contributed by atoms with Gasteiger partial charge in [0.05, 0.1) is 11.9 Å². The zero-order valence-corrected chi connectivity index (χ0v) is 17.3. The number of carbonyl (C=O) groups excluding carboxylic acids is 2. The average Bonchev–Trinajstić information content (AvgIpc) is 2.73. The van der Waals surface area contributed by atoms with Gasteiger partial charge in [0, 0.05) is 24.2 Å². The van der Waals surface area contributed by atoms with Gasteiger partial charge in [0.15, 0.2) is 0 Å². The van der Waals surface area contributed by atoms with Crippen molar-refractivity contribution in [2.45, 2.75) is 33.7 Å². The normalized spacial score (nSPS) is 10.9. The SMILES string of the molecule is Cc1cc(C(=O)NCC(C)C)ccc1NC(=O)CCn1nnc2ccccc2c1=O. The molecular formula is C22H25N5O3. The van der Waals surface area contributed by atoms with Gasteiger partial charge in [0.2, 0.25) is 5.91 Å². The zero-order chi connectivity index (χ0) is 21.7. The molecule has 3 aromatic rings. The van der Waals surface area contributed by atoms with E-state index >= 15 is 0 Å². The molecule has 0 fully saturated rings. The summed E-state index contributed by atoms with van der Waals surface area (Å²) in [5, 5.41) is 14.1. The van der Waals surface area contributed by atoms with Gasteiger partial charge in [0.1, 0.15) is 5.52 Å². The van der Waals surface area contributed by atoms with Crippen LogP contribution in [0.15, 0.2) is 47.3 Å². The number of aromatic nitrogens is 3. The molecule has 2 N–H and O–H groups in total. The van der Waals surface area contributed by atoms with Gasteiger partial charge in [-0.1, -0.05) is 31.2 Å². The van der Waals surface area contributed by atoms with E-state index in [0.29, 0.717) is 34.6 Å². The number of hydrogen-bond acceptors (Lipinski definition) is 5. The molecule has 0 saturated carbocycles. The number of nitrogens with zero attached hydrogens (tertiary/aromatic N) is 3. The molecule has 0 radical (unpaired) electrons. The lowest BCUT2D eigenvalue weighted by atomic mass is 10.1. The molecule has 1 aromatic heterocycles. The van der Waals surface area contributed by atoms with Crippen molar-refractivity contribution in [2.75, 3.05) is 11.9 Å². The first-order valence-corrected chi connectivity index (χ1v) is 9.86. The average molecular weight is 407 g/mol. The maximum Gasteiger partial charge on any atom is 0.277 e. The van der Waals surface area contributed by atoms with Gasteiger partial charge in [-0.05, 0) is 48.7 Å². The van der Waals surface area contributed by atoms with Crippen molar-refractivity contribution in [2.24, 2.45) is 5.92 Å². The van der Waals surface area contributed by atoms with Crippen LogP contribution in [0.2, 0.25) is 0 Å². The number of fused-ring (bicyclic) bond motifs is 1. The number of carbonyl (C=O) groups is 2.